The molecule has 0 aliphatic carbocycles. The van der Waals surface area contributed by atoms with Gasteiger partial charge in [0.2, 0.25) is 0 Å². The second-order valence-electron chi connectivity index (χ2n) is 7.45. The Morgan fingerprint density at radius 1 is 1.29 bits per heavy atom. The van der Waals surface area contributed by atoms with Gasteiger partial charge in [0.05, 0.1) is 24.2 Å². The number of hydrogen-bond donors (Lipinski definition) is 2. The van der Waals surface area contributed by atoms with Crippen LogP contribution in [0.5, 0.6) is 0 Å². The summed E-state index contributed by atoms with van der Waals surface area (Å²) >= 11 is 0. The highest BCUT2D eigenvalue weighted by Crippen LogP contribution is 2.11. The highest BCUT2D eigenvalue weighted by molar-refractivity contribution is 5.96. The number of aryl methyl sites for hydroxylation is 1. The third-order valence-corrected chi connectivity index (χ3v) is 5.43. The van der Waals surface area contributed by atoms with Crippen molar-refractivity contribution < 1.29 is 9.53 Å². The number of hydrogen-bond acceptors (Lipinski definition) is 6. The molecule has 1 aliphatic rings. The SMILES string of the molecule is C=CCNC(=O)c1cc2c(=O)n3ccccc3nc2n(CCCN2CCOCC2)c1=N. The van der Waals surface area contributed by atoms with Gasteiger partial charge in [-0.1, -0.05) is 12.1 Å². The summed E-state index contributed by atoms with van der Waals surface area (Å²) in [6, 6.07) is 6.81. The monoisotopic (exact) mass is 422 g/mol. The van der Waals surface area contributed by atoms with Crippen molar-refractivity contribution in [1.82, 2.24) is 24.2 Å². The predicted octanol–water partition coefficient (Wildman–Crippen LogP) is 0.767. The number of nitrogens with zero attached hydrogens (tertiary/aromatic N) is 4. The molecule has 0 radical (unpaired) electrons. The quantitative estimate of drug-likeness (QED) is 0.432. The van der Waals surface area contributed by atoms with Crippen LogP contribution in [0.15, 0.2) is 47.9 Å². The summed E-state index contributed by atoms with van der Waals surface area (Å²) in [6.07, 6.45) is 3.99. The third-order valence-electron chi connectivity index (χ3n) is 5.43. The molecular formula is C22H26N6O3. The average molecular weight is 422 g/mol. The lowest BCUT2D eigenvalue weighted by Gasteiger charge is -2.26. The van der Waals surface area contributed by atoms with Crippen molar-refractivity contribution in [3.63, 3.8) is 0 Å². The zero-order valence-electron chi connectivity index (χ0n) is 17.3. The number of pyridine rings is 2. The van der Waals surface area contributed by atoms with Gasteiger partial charge in [-0.25, -0.2) is 4.98 Å². The molecule has 1 aliphatic heterocycles. The molecule has 0 bridgehead atoms. The van der Waals surface area contributed by atoms with E-state index in [1.54, 1.807) is 29.0 Å². The molecule has 162 valence electrons. The number of aromatic nitrogens is 3. The van der Waals surface area contributed by atoms with Crippen LogP contribution in [0.25, 0.3) is 16.7 Å². The van der Waals surface area contributed by atoms with Gasteiger partial charge < -0.3 is 14.6 Å². The molecule has 0 aromatic carbocycles. The van der Waals surface area contributed by atoms with E-state index in [1.165, 1.54) is 10.5 Å². The molecular weight excluding hydrogens is 396 g/mol. The Hall–Kier alpha value is -3.30. The van der Waals surface area contributed by atoms with Crippen LogP contribution in [0.3, 0.4) is 0 Å². The maximum absolute atomic E-state index is 13.1. The molecule has 3 aromatic rings. The minimum absolute atomic E-state index is 0.0446. The number of nitrogens with one attached hydrogen (secondary N) is 2. The first-order chi connectivity index (χ1) is 15.1. The number of fused-ring (bicyclic) bond motifs is 2. The number of amides is 1. The van der Waals surface area contributed by atoms with Crippen molar-refractivity contribution in [2.24, 2.45) is 0 Å². The zero-order chi connectivity index (χ0) is 21.8. The van der Waals surface area contributed by atoms with Crippen molar-refractivity contribution in [3.05, 3.63) is 64.5 Å². The van der Waals surface area contributed by atoms with Crippen LogP contribution in [-0.2, 0) is 11.3 Å². The highest BCUT2D eigenvalue weighted by atomic mass is 16.5. The van der Waals surface area contributed by atoms with Gasteiger partial charge in [-0.2, -0.15) is 0 Å². The molecule has 4 rings (SSSR count). The number of ether oxygens (including phenoxy) is 1. The number of morpholine rings is 1. The van der Waals surface area contributed by atoms with Crippen molar-refractivity contribution in [2.75, 3.05) is 39.4 Å². The van der Waals surface area contributed by atoms with Crippen molar-refractivity contribution in [1.29, 1.82) is 5.41 Å². The fraction of sp³-hybridized carbons (Fsp3) is 0.364. The van der Waals surface area contributed by atoms with Gasteiger partial charge in [0, 0.05) is 38.9 Å². The Morgan fingerprint density at radius 3 is 2.87 bits per heavy atom. The first-order valence-corrected chi connectivity index (χ1v) is 10.4. The Labute approximate surface area is 179 Å². The smallest absolute Gasteiger partial charge is 0.267 e. The summed E-state index contributed by atoms with van der Waals surface area (Å²) in [4.78, 5) is 32.8. The fourth-order valence-corrected chi connectivity index (χ4v) is 3.82. The Morgan fingerprint density at radius 2 is 2.10 bits per heavy atom. The molecule has 1 amide bonds. The summed E-state index contributed by atoms with van der Waals surface area (Å²) in [6.45, 7) is 8.42. The van der Waals surface area contributed by atoms with Gasteiger partial charge in [0.25, 0.3) is 11.5 Å². The van der Waals surface area contributed by atoms with E-state index < -0.39 is 5.91 Å². The number of carbonyl (C=O) groups is 1. The molecule has 9 heteroatoms. The molecule has 0 saturated carbocycles. The van der Waals surface area contributed by atoms with Crippen molar-refractivity contribution in [3.8, 4) is 0 Å². The molecule has 31 heavy (non-hydrogen) atoms. The first-order valence-electron chi connectivity index (χ1n) is 10.4. The van der Waals surface area contributed by atoms with Crippen LogP contribution in [-0.4, -0.2) is 64.2 Å². The second kappa shape index (κ2) is 9.23. The van der Waals surface area contributed by atoms with Crippen molar-refractivity contribution >= 4 is 22.6 Å². The number of rotatable bonds is 7. The van der Waals surface area contributed by atoms with Crippen LogP contribution < -0.4 is 16.4 Å². The summed E-state index contributed by atoms with van der Waals surface area (Å²) in [5, 5.41) is 11.7. The summed E-state index contributed by atoms with van der Waals surface area (Å²) in [5.41, 5.74) is 0.854. The standard InChI is InChI=1S/C22H26N6O3/c1-2-7-24-21(29)16-15-17-20(25-18-6-3-4-9-27(18)22(17)30)28(19(16)23)10-5-8-26-11-13-31-14-12-26/h2-4,6,9,15,23H,1,5,7-8,10-14H2,(H,24,29). The fourth-order valence-electron chi connectivity index (χ4n) is 3.82. The Balaban J connectivity index is 1.79. The molecule has 0 atom stereocenters. The van der Waals surface area contributed by atoms with Gasteiger partial charge >= 0.3 is 0 Å². The second-order valence-corrected chi connectivity index (χ2v) is 7.45. The van der Waals surface area contributed by atoms with E-state index in [0.717, 1.165) is 39.3 Å². The van der Waals surface area contributed by atoms with Gasteiger partial charge in [-0.3, -0.25) is 24.3 Å². The van der Waals surface area contributed by atoms with E-state index in [4.69, 9.17) is 10.1 Å². The minimum atomic E-state index is -0.411. The topological polar surface area (TPSA) is 105 Å². The van der Waals surface area contributed by atoms with Crippen LogP contribution in [0.4, 0.5) is 0 Å². The highest BCUT2D eigenvalue weighted by Gasteiger charge is 2.17. The lowest BCUT2D eigenvalue weighted by Crippen LogP contribution is -2.38. The summed E-state index contributed by atoms with van der Waals surface area (Å²) in [5.74, 6) is -0.411. The zero-order valence-corrected chi connectivity index (χ0v) is 17.3. The molecule has 1 fully saturated rings. The molecule has 3 aromatic heterocycles. The largest absolute Gasteiger partial charge is 0.379 e. The minimum Gasteiger partial charge on any atom is -0.379 e. The maximum atomic E-state index is 13.1. The normalized spacial score (nSPS) is 14.7. The third kappa shape index (κ3) is 4.28. The Bertz CT molecular complexity index is 1240. The van der Waals surface area contributed by atoms with Gasteiger partial charge in [-0.05, 0) is 24.6 Å². The lowest BCUT2D eigenvalue weighted by atomic mass is 10.2. The molecule has 1 saturated heterocycles. The van der Waals surface area contributed by atoms with Crippen LogP contribution in [0.2, 0.25) is 0 Å². The molecule has 4 heterocycles. The van der Waals surface area contributed by atoms with E-state index in [2.05, 4.69) is 21.8 Å². The van der Waals surface area contributed by atoms with E-state index in [9.17, 15) is 9.59 Å². The lowest BCUT2D eigenvalue weighted by molar-refractivity contribution is 0.0369. The van der Waals surface area contributed by atoms with Crippen LogP contribution >= 0.6 is 0 Å². The van der Waals surface area contributed by atoms with Gasteiger partial charge in [0.15, 0.2) is 0 Å². The molecule has 2 N–H and O–H groups in total. The first kappa shape index (κ1) is 21.0. The predicted molar refractivity (Wildman–Crippen MR) is 117 cm³/mol. The molecule has 9 nitrogen and oxygen atoms in total. The summed E-state index contributed by atoms with van der Waals surface area (Å²) < 4.78 is 8.52. The van der Waals surface area contributed by atoms with E-state index >= 15 is 0 Å². The van der Waals surface area contributed by atoms with E-state index in [1.807, 2.05) is 6.07 Å². The van der Waals surface area contributed by atoms with Crippen LogP contribution in [0, 0.1) is 5.41 Å². The van der Waals surface area contributed by atoms with Gasteiger partial charge in [-0.15, -0.1) is 6.58 Å². The van der Waals surface area contributed by atoms with Crippen LogP contribution in [0.1, 0.15) is 16.8 Å². The number of carbonyl (C=O) groups excluding carboxylic acids is 1. The van der Waals surface area contributed by atoms with E-state index in [0.29, 0.717) is 23.2 Å². The van der Waals surface area contributed by atoms with Gasteiger partial charge in [0.1, 0.15) is 16.8 Å². The molecule has 0 spiro atoms. The maximum Gasteiger partial charge on any atom is 0.267 e. The molecule has 0 unspecified atom stereocenters. The average Bonchev–Trinajstić information content (AvgIpc) is 2.80. The van der Waals surface area contributed by atoms with Crippen molar-refractivity contribution in [2.45, 2.75) is 13.0 Å². The Kier molecular flexibility index (Phi) is 6.24. The summed E-state index contributed by atoms with van der Waals surface area (Å²) in [7, 11) is 0. The van der Waals surface area contributed by atoms with E-state index in [-0.39, 0.29) is 23.2 Å².